The highest BCUT2D eigenvalue weighted by molar-refractivity contribution is 14.0. The number of hydrogen-bond acceptors (Lipinski definition) is 4. The van der Waals surface area contributed by atoms with Gasteiger partial charge >= 0.3 is 0 Å². The molecule has 150 valence electrons. The van der Waals surface area contributed by atoms with E-state index in [1.165, 1.54) is 5.69 Å². The second kappa shape index (κ2) is 11.1. The Balaban J connectivity index is 0.00000338. The van der Waals surface area contributed by atoms with Crippen molar-refractivity contribution in [1.29, 1.82) is 0 Å². The molecule has 0 saturated carbocycles. The third kappa shape index (κ3) is 6.70. The number of ether oxygens (including phenoxy) is 1. The first-order valence-corrected chi connectivity index (χ1v) is 9.12. The molecule has 1 aliphatic rings. The van der Waals surface area contributed by atoms with Crippen molar-refractivity contribution in [3.63, 3.8) is 0 Å². The minimum atomic E-state index is 0. The zero-order valence-corrected chi connectivity index (χ0v) is 18.7. The summed E-state index contributed by atoms with van der Waals surface area (Å²) >= 11 is 0. The maximum absolute atomic E-state index is 9.32. The number of aliphatic hydroxyl groups is 1. The van der Waals surface area contributed by atoms with E-state index in [4.69, 9.17) is 4.74 Å². The fraction of sp³-hybridized carbons (Fsp3) is 0.778. The molecule has 1 saturated heterocycles. The Morgan fingerprint density at radius 3 is 2.77 bits per heavy atom. The summed E-state index contributed by atoms with van der Waals surface area (Å²) in [5, 5.41) is 20.6. The van der Waals surface area contributed by atoms with Crippen molar-refractivity contribution in [2.75, 3.05) is 40.0 Å². The molecular formula is C18H34IN5O2. The number of rotatable bonds is 8. The third-order valence-corrected chi connectivity index (χ3v) is 4.89. The Morgan fingerprint density at radius 1 is 1.46 bits per heavy atom. The van der Waals surface area contributed by atoms with E-state index in [1.807, 2.05) is 6.92 Å². The fourth-order valence-electron chi connectivity index (χ4n) is 3.29. The molecule has 8 heteroatoms. The quantitative estimate of drug-likeness (QED) is 0.301. The van der Waals surface area contributed by atoms with Crippen LogP contribution in [0.5, 0.6) is 0 Å². The molecule has 1 aromatic heterocycles. The van der Waals surface area contributed by atoms with Crippen LogP contribution in [0.25, 0.3) is 0 Å². The molecule has 0 spiro atoms. The van der Waals surface area contributed by atoms with Crippen LogP contribution in [0.2, 0.25) is 0 Å². The fourth-order valence-corrected chi connectivity index (χ4v) is 3.29. The van der Waals surface area contributed by atoms with Gasteiger partial charge in [0.25, 0.3) is 0 Å². The number of aliphatic imine (C=N–C) groups is 1. The second-order valence-electron chi connectivity index (χ2n) is 7.30. The van der Waals surface area contributed by atoms with Crippen molar-refractivity contribution in [2.45, 2.75) is 40.2 Å². The Kier molecular flexibility index (Phi) is 9.88. The van der Waals surface area contributed by atoms with Crippen LogP contribution >= 0.6 is 24.0 Å². The molecule has 2 atom stereocenters. The van der Waals surface area contributed by atoms with Gasteiger partial charge in [0.15, 0.2) is 5.96 Å². The van der Waals surface area contributed by atoms with Crippen molar-refractivity contribution < 1.29 is 9.84 Å². The minimum Gasteiger partial charge on any atom is -0.396 e. The summed E-state index contributed by atoms with van der Waals surface area (Å²) in [6.45, 7) is 10.4. The average molecular weight is 479 g/mol. The monoisotopic (exact) mass is 479 g/mol. The van der Waals surface area contributed by atoms with E-state index in [2.05, 4.69) is 45.3 Å². The summed E-state index contributed by atoms with van der Waals surface area (Å²) in [7, 11) is 1.78. The van der Waals surface area contributed by atoms with Gasteiger partial charge in [-0.15, -0.1) is 24.0 Å². The number of nitrogens with zero attached hydrogens (tertiary/aromatic N) is 3. The van der Waals surface area contributed by atoms with Crippen molar-refractivity contribution in [3.05, 3.63) is 17.5 Å². The Labute approximate surface area is 174 Å². The molecule has 0 amide bonds. The van der Waals surface area contributed by atoms with Gasteiger partial charge in [-0.05, 0) is 38.7 Å². The molecular weight excluding hydrogens is 445 g/mol. The Bertz CT molecular complexity index is 570. The molecule has 2 unspecified atom stereocenters. The van der Waals surface area contributed by atoms with E-state index in [9.17, 15) is 5.11 Å². The van der Waals surface area contributed by atoms with E-state index in [0.717, 1.165) is 50.7 Å². The maximum Gasteiger partial charge on any atom is 0.191 e. The van der Waals surface area contributed by atoms with E-state index in [0.29, 0.717) is 12.5 Å². The standard InChI is InChI=1S/C18H33N5O2.HI/c1-14(11-23-16(3)9-15(2)22-23)10-20-17(19-4)21-12-18(5-7-24)6-8-25-13-18;/h9,14,24H,5-8,10-13H2,1-4H3,(H2,19,20,21);1H. The minimum absolute atomic E-state index is 0. The van der Waals surface area contributed by atoms with Gasteiger partial charge in [-0.2, -0.15) is 5.10 Å². The Morgan fingerprint density at radius 2 is 2.23 bits per heavy atom. The van der Waals surface area contributed by atoms with Crippen LogP contribution in [0.3, 0.4) is 0 Å². The first kappa shape index (κ1) is 23.2. The molecule has 0 radical (unpaired) electrons. The van der Waals surface area contributed by atoms with Crippen LogP contribution < -0.4 is 10.6 Å². The first-order chi connectivity index (χ1) is 12.0. The largest absolute Gasteiger partial charge is 0.396 e. The number of nitrogens with one attached hydrogen (secondary N) is 2. The summed E-state index contributed by atoms with van der Waals surface area (Å²) < 4.78 is 7.60. The summed E-state index contributed by atoms with van der Waals surface area (Å²) in [6.07, 6.45) is 1.73. The lowest BCUT2D eigenvalue weighted by Gasteiger charge is -2.28. The van der Waals surface area contributed by atoms with Crippen LogP contribution in [-0.2, 0) is 11.3 Å². The summed E-state index contributed by atoms with van der Waals surface area (Å²) in [5.41, 5.74) is 2.27. The van der Waals surface area contributed by atoms with Crippen LogP contribution in [0.1, 0.15) is 31.2 Å². The highest BCUT2D eigenvalue weighted by Gasteiger charge is 2.34. The molecule has 0 bridgehead atoms. The van der Waals surface area contributed by atoms with Crippen molar-refractivity contribution in [1.82, 2.24) is 20.4 Å². The van der Waals surface area contributed by atoms with Crippen LogP contribution in [0, 0.1) is 25.2 Å². The topological polar surface area (TPSA) is 83.7 Å². The smallest absolute Gasteiger partial charge is 0.191 e. The first-order valence-electron chi connectivity index (χ1n) is 9.12. The maximum atomic E-state index is 9.32. The van der Waals surface area contributed by atoms with Gasteiger partial charge in [-0.1, -0.05) is 6.92 Å². The number of hydrogen-bond donors (Lipinski definition) is 3. The summed E-state index contributed by atoms with van der Waals surface area (Å²) in [6, 6.07) is 2.10. The van der Waals surface area contributed by atoms with Crippen molar-refractivity contribution in [2.24, 2.45) is 16.3 Å². The number of guanidine groups is 1. The molecule has 7 nitrogen and oxygen atoms in total. The predicted molar refractivity (Wildman–Crippen MR) is 115 cm³/mol. The number of aromatic nitrogens is 2. The Hall–Kier alpha value is -0.870. The number of aliphatic hydroxyl groups excluding tert-OH is 1. The summed E-state index contributed by atoms with van der Waals surface area (Å²) in [4.78, 5) is 4.31. The zero-order chi connectivity index (χ0) is 18.3. The molecule has 2 rings (SSSR count). The van der Waals surface area contributed by atoms with Gasteiger partial charge in [0, 0.05) is 51.0 Å². The third-order valence-electron chi connectivity index (χ3n) is 4.89. The van der Waals surface area contributed by atoms with E-state index in [-0.39, 0.29) is 36.0 Å². The molecule has 0 aromatic carbocycles. The van der Waals surface area contributed by atoms with Gasteiger partial charge in [0.05, 0.1) is 12.3 Å². The SMILES string of the molecule is CN=C(NCC(C)Cn1nc(C)cc1C)NCC1(CCO)CCOC1.I. The van der Waals surface area contributed by atoms with E-state index in [1.54, 1.807) is 7.05 Å². The zero-order valence-electron chi connectivity index (χ0n) is 16.4. The average Bonchev–Trinajstić information content (AvgIpc) is 3.15. The van der Waals surface area contributed by atoms with Gasteiger partial charge in [-0.25, -0.2) is 0 Å². The highest BCUT2D eigenvalue weighted by atomic mass is 127. The lowest BCUT2D eigenvalue weighted by atomic mass is 9.84. The molecule has 1 aromatic rings. The predicted octanol–water partition coefficient (Wildman–Crippen LogP) is 1.71. The van der Waals surface area contributed by atoms with Crippen LogP contribution in [0.15, 0.2) is 11.1 Å². The van der Waals surface area contributed by atoms with Gasteiger partial charge in [-0.3, -0.25) is 9.67 Å². The number of aryl methyl sites for hydroxylation is 2. The van der Waals surface area contributed by atoms with Gasteiger partial charge in [0.1, 0.15) is 0 Å². The molecule has 3 N–H and O–H groups in total. The normalized spacial score (nSPS) is 21.3. The summed E-state index contributed by atoms with van der Waals surface area (Å²) in [5.74, 6) is 1.22. The van der Waals surface area contributed by atoms with Crippen LogP contribution in [0.4, 0.5) is 0 Å². The molecule has 1 aliphatic heterocycles. The lowest BCUT2D eigenvalue weighted by Crippen LogP contribution is -2.45. The molecule has 0 aliphatic carbocycles. The number of halogens is 1. The van der Waals surface area contributed by atoms with Crippen molar-refractivity contribution >= 4 is 29.9 Å². The van der Waals surface area contributed by atoms with E-state index >= 15 is 0 Å². The van der Waals surface area contributed by atoms with Gasteiger partial charge < -0.3 is 20.5 Å². The van der Waals surface area contributed by atoms with E-state index < -0.39 is 0 Å². The molecule has 26 heavy (non-hydrogen) atoms. The van der Waals surface area contributed by atoms with Gasteiger partial charge in [0.2, 0.25) is 0 Å². The highest BCUT2D eigenvalue weighted by Crippen LogP contribution is 2.31. The molecule has 2 heterocycles. The second-order valence-corrected chi connectivity index (χ2v) is 7.30. The van der Waals surface area contributed by atoms with Crippen LogP contribution in [-0.4, -0.2) is 60.8 Å². The lowest BCUT2D eigenvalue weighted by molar-refractivity contribution is 0.127. The molecule has 1 fully saturated rings. The van der Waals surface area contributed by atoms with Crippen molar-refractivity contribution in [3.8, 4) is 0 Å².